The summed E-state index contributed by atoms with van der Waals surface area (Å²) in [7, 11) is 0. The van der Waals surface area contributed by atoms with Gasteiger partial charge in [0.25, 0.3) is 0 Å². The third-order valence-electron chi connectivity index (χ3n) is 1.24. The molecule has 0 saturated heterocycles. The predicted octanol–water partition coefficient (Wildman–Crippen LogP) is 2.66. The Balaban J connectivity index is 2.81. The number of halogens is 1. The number of hydrogen-bond acceptors (Lipinski definition) is 1. The highest BCUT2D eigenvalue weighted by Crippen LogP contribution is 2.10. The number of carbonyl (C=O) groups excluding carboxylic acids is 1. The van der Waals surface area contributed by atoms with Gasteiger partial charge in [-0.05, 0) is 23.8 Å². The zero-order chi connectivity index (χ0) is 8.10. The number of benzene rings is 1. The van der Waals surface area contributed by atoms with Gasteiger partial charge in [0, 0.05) is 4.47 Å². The molecule has 0 fully saturated rings. The molecular weight excluding hydrogens is 204 g/mol. The summed E-state index contributed by atoms with van der Waals surface area (Å²) in [5.41, 5.74) is 1.03. The van der Waals surface area contributed by atoms with Crippen molar-refractivity contribution in [1.29, 1.82) is 0 Å². The normalized spacial score (nSPS) is 10.3. The Morgan fingerprint density at radius 1 is 1.18 bits per heavy atom. The van der Waals surface area contributed by atoms with Gasteiger partial charge < -0.3 is 0 Å². The van der Waals surface area contributed by atoms with Crippen LogP contribution in [-0.4, -0.2) is 6.29 Å². The number of aldehydes is 1. The Bertz CT molecular complexity index is 261. The molecular formula is C9H7BrO. The zero-order valence-corrected chi connectivity index (χ0v) is 7.41. The van der Waals surface area contributed by atoms with Gasteiger partial charge in [0.05, 0.1) is 0 Å². The molecule has 11 heavy (non-hydrogen) atoms. The van der Waals surface area contributed by atoms with Crippen LogP contribution in [0.15, 0.2) is 34.8 Å². The van der Waals surface area contributed by atoms with E-state index in [0.29, 0.717) is 0 Å². The molecule has 0 N–H and O–H groups in total. The summed E-state index contributed by atoms with van der Waals surface area (Å²) in [6.07, 6.45) is 4.00. The molecule has 0 heterocycles. The predicted molar refractivity (Wildman–Crippen MR) is 49.2 cm³/mol. The number of hydrogen-bond donors (Lipinski definition) is 0. The maximum Gasteiger partial charge on any atom is 0.142 e. The summed E-state index contributed by atoms with van der Waals surface area (Å²) < 4.78 is 1.04. The van der Waals surface area contributed by atoms with Crippen molar-refractivity contribution >= 4 is 28.3 Å². The second kappa shape index (κ2) is 4.09. The summed E-state index contributed by atoms with van der Waals surface area (Å²) in [5.74, 6) is 0. The van der Waals surface area contributed by atoms with Crippen molar-refractivity contribution in [3.8, 4) is 0 Å². The minimum absolute atomic E-state index is 0.766. The van der Waals surface area contributed by atoms with E-state index in [2.05, 4.69) is 15.9 Å². The van der Waals surface area contributed by atoms with Crippen molar-refractivity contribution in [3.05, 3.63) is 40.4 Å². The van der Waals surface area contributed by atoms with E-state index in [1.54, 1.807) is 6.08 Å². The molecule has 0 radical (unpaired) electrons. The van der Waals surface area contributed by atoms with Gasteiger partial charge in [-0.1, -0.05) is 34.1 Å². The molecule has 0 amide bonds. The van der Waals surface area contributed by atoms with Gasteiger partial charge in [0.2, 0.25) is 0 Å². The van der Waals surface area contributed by atoms with Crippen LogP contribution in [-0.2, 0) is 4.79 Å². The third kappa shape index (κ3) is 2.68. The van der Waals surface area contributed by atoms with E-state index in [0.717, 1.165) is 16.3 Å². The van der Waals surface area contributed by atoms with E-state index in [9.17, 15) is 4.79 Å². The maximum absolute atomic E-state index is 9.95. The number of allylic oxidation sites excluding steroid dienone is 1. The highest BCUT2D eigenvalue weighted by molar-refractivity contribution is 9.10. The molecule has 0 aromatic heterocycles. The lowest BCUT2D eigenvalue weighted by Crippen LogP contribution is -1.70. The van der Waals surface area contributed by atoms with E-state index < -0.39 is 0 Å². The Morgan fingerprint density at radius 2 is 1.82 bits per heavy atom. The van der Waals surface area contributed by atoms with Gasteiger partial charge in [-0.25, -0.2) is 0 Å². The van der Waals surface area contributed by atoms with E-state index in [4.69, 9.17) is 0 Å². The van der Waals surface area contributed by atoms with E-state index >= 15 is 0 Å². The molecule has 0 unspecified atom stereocenters. The average molecular weight is 211 g/mol. The molecule has 0 aliphatic carbocycles. The van der Waals surface area contributed by atoms with Gasteiger partial charge in [-0.15, -0.1) is 0 Å². The van der Waals surface area contributed by atoms with Crippen molar-refractivity contribution in [3.63, 3.8) is 0 Å². The first kappa shape index (κ1) is 8.21. The largest absolute Gasteiger partial charge is 0.299 e. The lowest BCUT2D eigenvalue weighted by molar-refractivity contribution is -0.104. The second-order valence-electron chi connectivity index (χ2n) is 2.05. The summed E-state index contributed by atoms with van der Waals surface area (Å²) in [5, 5.41) is 0. The lowest BCUT2D eigenvalue weighted by Gasteiger charge is -1.91. The Kier molecular flexibility index (Phi) is 3.05. The average Bonchev–Trinajstić information content (AvgIpc) is 2.04. The Labute approximate surface area is 73.9 Å². The highest BCUT2D eigenvalue weighted by atomic mass is 79.9. The van der Waals surface area contributed by atoms with Gasteiger partial charge in [-0.2, -0.15) is 0 Å². The molecule has 0 atom stereocenters. The standard InChI is InChI=1S/C9H7BrO/c10-9-5-3-8(4-6-9)2-1-7-11/h1-7H/b2-1-. The molecule has 0 aliphatic rings. The summed E-state index contributed by atoms with van der Waals surface area (Å²) >= 11 is 3.32. The molecule has 0 bridgehead atoms. The van der Waals surface area contributed by atoms with Crippen LogP contribution in [0.2, 0.25) is 0 Å². The zero-order valence-electron chi connectivity index (χ0n) is 5.83. The third-order valence-corrected chi connectivity index (χ3v) is 1.77. The highest BCUT2D eigenvalue weighted by Gasteiger charge is 1.85. The van der Waals surface area contributed by atoms with Crippen molar-refractivity contribution in [2.75, 3.05) is 0 Å². The quantitative estimate of drug-likeness (QED) is 0.542. The van der Waals surface area contributed by atoms with Crippen molar-refractivity contribution in [1.82, 2.24) is 0 Å². The maximum atomic E-state index is 9.95. The van der Waals surface area contributed by atoms with Crippen molar-refractivity contribution in [2.24, 2.45) is 0 Å². The first-order valence-electron chi connectivity index (χ1n) is 3.20. The smallest absolute Gasteiger partial charge is 0.142 e. The topological polar surface area (TPSA) is 17.1 Å². The minimum Gasteiger partial charge on any atom is -0.299 e. The monoisotopic (exact) mass is 210 g/mol. The fourth-order valence-electron chi connectivity index (χ4n) is 0.724. The number of carbonyl (C=O) groups is 1. The summed E-state index contributed by atoms with van der Waals surface area (Å²) in [6, 6.07) is 7.74. The number of rotatable bonds is 2. The molecule has 0 spiro atoms. The summed E-state index contributed by atoms with van der Waals surface area (Å²) in [4.78, 5) is 9.95. The minimum atomic E-state index is 0.766. The molecule has 1 rings (SSSR count). The van der Waals surface area contributed by atoms with Gasteiger partial charge in [-0.3, -0.25) is 4.79 Å². The Hall–Kier alpha value is -0.890. The lowest BCUT2D eigenvalue weighted by atomic mass is 10.2. The van der Waals surface area contributed by atoms with Crippen LogP contribution in [0, 0.1) is 0 Å². The van der Waals surface area contributed by atoms with Crippen LogP contribution in [0.25, 0.3) is 6.08 Å². The van der Waals surface area contributed by atoms with Gasteiger partial charge >= 0.3 is 0 Å². The molecule has 1 aromatic rings. The first-order chi connectivity index (χ1) is 5.33. The van der Waals surface area contributed by atoms with Crippen LogP contribution in [0.5, 0.6) is 0 Å². The second-order valence-corrected chi connectivity index (χ2v) is 2.96. The van der Waals surface area contributed by atoms with E-state index in [1.807, 2.05) is 24.3 Å². The van der Waals surface area contributed by atoms with Crippen molar-refractivity contribution < 1.29 is 4.79 Å². The molecule has 1 nitrogen and oxygen atoms in total. The van der Waals surface area contributed by atoms with Gasteiger partial charge in [0.1, 0.15) is 6.29 Å². The fourth-order valence-corrected chi connectivity index (χ4v) is 0.989. The van der Waals surface area contributed by atoms with Crippen LogP contribution >= 0.6 is 15.9 Å². The van der Waals surface area contributed by atoms with Crippen molar-refractivity contribution in [2.45, 2.75) is 0 Å². The van der Waals surface area contributed by atoms with Crippen LogP contribution in [0.3, 0.4) is 0 Å². The summed E-state index contributed by atoms with van der Waals surface area (Å²) in [6.45, 7) is 0. The molecule has 0 aliphatic heterocycles. The van der Waals surface area contributed by atoms with Crippen LogP contribution in [0.4, 0.5) is 0 Å². The molecule has 2 heteroatoms. The first-order valence-corrected chi connectivity index (χ1v) is 3.99. The molecule has 56 valence electrons. The molecule has 1 aromatic carbocycles. The van der Waals surface area contributed by atoms with Crippen LogP contribution in [0.1, 0.15) is 5.56 Å². The Morgan fingerprint density at radius 3 is 2.36 bits per heavy atom. The van der Waals surface area contributed by atoms with E-state index in [1.165, 1.54) is 6.08 Å². The fraction of sp³-hybridized carbons (Fsp3) is 0. The van der Waals surface area contributed by atoms with Gasteiger partial charge in [0.15, 0.2) is 0 Å². The molecule has 0 saturated carbocycles. The van der Waals surface area contributed by atoms with E-state index in [-0.39, 0.29) is 0 Å². The van der Waals surface area contributed by atoms with Crippen LogP contribution < -0.4 is 0 Å². The SMILES string of the molecule is O=C/C=C\c1ccc(Br)cc1.